The van der Waals surface area contributed by atoms with E-state index in [0.717, 1.165) is 24.8 Å². The van der Waals surface area contributed by atoms with E-state index >= 15 is 0 Å². The fourth-order valence-electron chi connectivity index (χ4n) is 2.48. The Hall–Kier alpha value is -1.90. The highest BCUT2D eigenvalue weighted by atomic mass is 32.1. The summed E-state index contributed by atoms with van der Waals surface area (Å²) in [6.45, 7) is 2.16. The molecule has 118 valence electrons. The summed E-state index contributed by atoms with van der Waals surface area (Å²) in [4.78, 5) is 16.6. The topological polar surface area (TPSA) is 70.7 Å². The van der Waals surface area contributed by atoms with Gasteiger partial charge in [-0.05, 0) is 30.7 Å². The number of carbonyl (C=O) groups is 1. The van der Waals surface area contributed by atoms with Gasteiger partial charge in [0.2, 0.25) is 11.8 Å². The zero-order valence-corrected chi connectivity index (χ0v) is 12.4. The van der Waals surface area contributed by atoms with E-state index in [1.54, 1.807) is 10.5 Å². The minimum absolute atomic E-state index is 0.374. The summed E-state index contributed by atoms with van der Waals surface area (Å²) in [5.41, 5.74) is 1.50. The molecule has 9 heteroatoms. The van der Waals surface area contributed by atoms with Crippen molar-refractivity contribution in [1.29, 1.82) is 0 Å². The molecular formula is C13H13F3N4OS. The standard InChI is InChI=1S/C13H13F3N4OS/c1-6-2-3-7-8(5-22-9(7)4-6)10(21)17-12-18-11(19-20-12)13(14,15)16/h5-6H,2-4H2,1H3,(H2,17,18,19,20,21). The number of H-pyrrole nitrogens is 1. The van der Waals surface area contributed by atoms with Gasteiger partial charge in [0.1, 0.15) is 0 Å². The number of carbonyl (C=O) groups excluding carboxylic acids is 1. The van der Waals surface area contributed by atoms with Crippen molar-refractivity contribution in [3.63, 3.8) is 0 Å². The Bertz CT molecular complexity index is 706. The Labute approximate surface area is 128 Å². The number of nitrogens with one attached hydrogen (secondary N) is 2. The van der Waals surface area contributed by atoms with E-state index in [0.29, 0.717) is 11.5 Å². The van der Waals surface area contributed by atoms with Gasteiger partial charge in [-0.2, -0.15) is 18.2 Å². The minimum Gasteiger partial charge on any atom is -0.289 e. The van der Waals surface area contributed by atoms with E-state index < -0.39 is 17.9 Å². The smallest absolute Gasteiger partial charge is 0.289 e. The van der Waals surface area contributed by atoms with Crippen LogP contribution >= 0.6 is 11.3 Å². The summed E-state index contributed by atoms with van der Waals surface area (Å²) in [6.07, 6.45) is -1.87. The lowest BCUT2D eigenvalue weighted by molar-refractivity contribution is -0.144. The maximum atomic E-state index is 12.4. The maximum absolute atomic E-state index is 12.4. The molecule has 0 spiro atoms. The zero-order valence-electron chi connectivity index (χ0n) is 11.6. The zero-order chi connectivity index (χ0) is 15.9. The van der Waals surface area contributed by atoms with E-state index in [9.17, 15) is 18.0 Å². The van der Waals surface area contributed by atoms with Gasteiger partial charge >= 0.3 is 6.18 Å². The van der Waals surface area contributed by atoms with Crippen LogP contribution in [0.25, 0.3) is 0 Å². The van der Waals surface area contributed by atoms with Crippen LogP contribution in [0.2, 0.25) is 0 Å². The lowest BCUT2D eigenvalue weighted by Gasteiger charge is -2.18. The largest absolute Gasteiger partial charge is 0.451 e. The molecule has 0 aliphatic heterocycles. The highest BCUT2D eigenvalue weighted by Gasteiger charge is 2.35. The van der Waals surface area contributed by atoms with E-state index in [1.807, 2.05) is 0 Å². The van der Waals surface area contributed by atoms with Crippen molar-refractivity contribution >= 4 is 23.2 Å². The predicted octanol–water partition coefficient (Wildman–Crippen LogP) is 3.26. The van der Waals surface area contributed by atoms with Crippen molar-refractivity contribution in [1.82, 2.24) is 15.2 Å². The molecule has 3 rings (SSSR count). The van der Waals surface area contributed by atoms with Crippen molar-refractivity contribution < 1.29 is 18.0 Å². The van der Waals surface area contributed by atoms with Gasteiger partial charge in [0.25, 0.3) is 5.91 Å². The number of hydrogen-bond acceptors (Lipinski definition) is 4. The Morgan fingerprint density at radius 2 is 2.27 bits per heavy atom. The van der Waals surface area contributed by atoms with Crippen LogP contribution in [0.15, 0.2) is 5.38 Å². The molecule has 0 fully saturated rings. The van der Waals surface area contributed by atoms with Crippen LogP contribution in [0.4, 0.5) is 19.1 Å². The normalized spacial score (nSPS) is 18.1. The molecule has 2 aromatic heterocycles. The van der Waals surface area contributed by atoms with Gasteiger partial charge in [0, 0.05) is 10.3 Å². The lowest BCUT2D eigenvalue weighted by Crippen LogP contribution is -2.17. The molecule has 1 unspecified atom stereocenters. The molecule has 0 saturated carbocycles. The number of anilines is 1. The van der Waals surface area contributed by atoms with Crippen LogP contribution in [-0.4, -0.2) is 21.1 Å². The summed E-state index contributed by atoms with van der Waals surface area (Å²) in [7, 11) is 0. The first kappa shape index (κ1) is 15.0. The fourth-order valence-corrected chi connectivity index (χ4v) is 3.73. The van der Waals surface area contributed by atoms with Crippen LogP contribution in [0, 0.1) is 5.92 Å². The predicted molar refractivity (Wildman–Crippen MR) is 74.8 cm³/mol. The van der Waals surface area contributed by atoms with Crippen molar-refractivity contribution in [3.05, 3.63) is 27.2 Å². The number of halogens is 3. The third kappa shape index (κ3) is 2.85. The van der Waals surface area contributed by atoms with Gasteiger partial charge in [-0.1, -0.05) is 6.92 Å². The highest BCUT2D eigenvalue weighted by Crippen LogP contribution is 2.33. The van der Waals surface area contributed by atoms with Gasteiger partial charge in [0.05, 0.1) is 5.56 Å². The SMILES string of the molecule is CC1CCc2c(C(=O)Nc3n[nH]c(C(F)(F)F)n3)csc2C1. The van der Waals surface area contributed by atoms with Gasteiger partial charge in [-0.3, -0.25) is 15.2 Å². The van der Waals surface area contributed by atoms with E-state index in [1.165, 1.54) is 16.2 Å². The number of thiophene rings is 1. The molecule has 22 heavy (non-hydrogen) atoms. The van der Waals surface area contributed by atoms with Crippen LogP contribution in [0.3, 0.4) is 0 Å². The van der Waals surface area contributed by atoms with Gasteiger partial charge < -0.3 is 0 Å². The molecule has 1 aliphatic carbocycles. The molecule has 0 saturated heterocycles. The molecule has 0 radical (unpaired) electrons. The summed E-state index contributed by atoms with van der Waals surface area (Å²) >= 11 is 1.51. The Kier molecular flexibility index (Phi) is 3.67. The van der Waals surface area contributed by atoms with E-state index in [4.69, 9.17) is 0 Å². The molecular weight excluding hydrogens is 317 g/mol. The second-order valence-electron chi connectivity index (χ2n) is 5.36. The first-order valence-corrected chi connectivity index (χ1v) is 7.62. The summed E-state index contributed by atoms with van der Waals surface area (Å²) in [5.74, 6) is -1.49. The number of amides is 1. The lowest BCUT2D eigenvalue weighted by atomic mass is 9.88. The number of hydrogen-bond donors (Lipinski definition) is 2. The number of nitrogens with zero attached hydrogens (tertiary/aromatic N) is 2. The molecule has 2 aromatic rings. The number of aromatic nitrogens is 3. The molecule has 1 atom stereocenters. The molecule has 2 heterocycles. The van der Waals surface area contributed by atoms with Crippen LogP contribution in [0.1, 0.15) is 40.0 Å². The number of rotatable bonds is 2. The molecule has 1 aliphatic rings. The monoisotopic (exact) mass is 330 g/mol. The molecule has 2 N–H and O–H groups in total. The molecule has 0 aromatic carbocycles. The average Bonchev–Trinajstić information content (AvgIpc) is 3.03. The Morgan fingerprint density at radius 1 is 1.50 bits per heavy atom. The van der Waals surface area contributed by atoms with Crippen molar-refractivity contribution in [2.24, 2.45) is 5.92 Å². The summed E-state index contributed by atoms with van der Waals surface area (Å²) in [5, 5.41) is 9.20. The quantitative estimate of drug-likeness (QED) is 0.888. The van der Waals surface area contributed by atoms with E-state index in [-0.39, 0.29) is 5.95 Å². The summed E-state index contributed by atoms with van der Waals surface area (Å²) in [6, 6.07) is 0. The number of alkyl halides is 3. The average molecular weight is 330 g/mol. The molecule has 5 nitrogen and oxygen atoms in total. The minimum atomic E-state index is -4.62. The van der Waals surface area contributed by atoms with Crippen LogP contribution in [-0.2, 0) is 19.0 Å². The molecule has 0 bridgehead atoms. The maximum Gasteiger partial charge on any atom is 0.451 e. The second-order valence-corrected chi connectivity index (χ2v) is 6.32. The van der Waals surface area contributed by atoms with E-state index in [2.05, 4.69) is 22.3 Å². The van der Waals surface area contributed by atoms with Crippen molar-refractivity contribution in [3.8, 4) is 0 Å². The Balaban J connectivity index is 1.77. The van der Waals surface area contributed by atoms with Crippen LogP contribution in [0.5, 0.6) is 0 Å². The number of aromatic amines is 1. The van der Waals surface area contributed by atoms with Gasteiger partial charge in [-0.15, -0.1) is 16.4 Å². The summed E-state index contributed by atoms with van der Waals surface area (Å²) < 4.78 is 37.3. The number of fused-ring (bicyclic) bond motifs is 1. The highest BCUT2D eigenvalue weighted by molar-refractivity contribution is 7.10. The third-order valence-corrected chi connectivity index (χ3v) is 4.68. The van der Waals surface area contributed by atoms with Gasteiger partial charge in [0.15, 0.2) is 0 Å². The first-order chi connectivity index (χ1) is 10.3. The van der Waals surface area contributed by atoms with Crippen molar-refractivity contribution in [2.45, 2.75) is 32.4 Å². The second kappa shape index (κ2) is 5.38. The fraction of sp³-hybridized carbons (Fsp3) is 0.462. The Morgan fingerprint density at radius 3 is 2.95 bits per heavy atom. The van der Waals surface area contributed by atoms with Crippen molar-refractivity contribution in [2.75, 3.05) is 5.32 Å². The first-order valence-electron chi connectivity index (χ1n) is 6.74. The van der Waals surface area contributed by atoms with Gasteiger partial charge in [-0.25, -0.2) is 0 Å². The van der Waals surface area contributed by atoms with Crippen LogP contribution < -0.4 is 5.32 Å². The third-order valence-electron chi connectivity index (χ3n) is 3.63. The molecule has 1 amide bonds.